The van der Waals surface area contributed by atoms with Gasteiger partial charge in [0.1, 0.15) is 0 Å². The third kappa shape index (κ3) is 11.4. The van der Waals surface area contributed by atoms with Crippen LogP contribution in [-0.4, -0.2) is 5.54 Å². The highest BCUT2D eigenvalue weighted by Crippen LogP contribution is 2.25. The van der Waals surface area contributed by atoms with E-state index in [0.717, 1.165) is 19.3 Å². The summed E-state index contributed by atoms with van der Waals surface area (Å²) in [6.45, 7) is 8.41. The van der Waals surface area contributed by atoms with Crippen molar-refractivity contribution >= 4 is 6.08 Å². The smallest absolute Gasteiger partial charge is 0.0195 e. The largest absolute Gasteiger partial charge is 0.325 e. The number of hydrogen-bond donors (Lipinski definition) is 1. The summed E-state index contributed by atoms with van der Waals surface area (Å²) in [4.78, 5) is 0. The van der Waals surface area contributed by atoms with Gasteiger partial charge in [-0.25, -0.2) is 0 Å². The molecule has 0 radical (unpaired) electrons. The minimum atomic E-state index is -0.0365. The molecule has 0 fully saturated rings. The highest BCUT2D eigenvalue weighted by molar-refractivity contribution is 5.47. The van der Waals surface area contributed by atoms with E-state index >= 15 is 0 Å². The van der Waals surface area contributed by atoms with E-state index in [1.165, 1.54) is 88.2 Å². The Hall–Kier alpha value is -1.08. The molecule has 0 amide bonds. The third-order valence-electron chi connectivity index (χ3n) is 5.83. The van der Waals surface area contributed by atoms with Gasteiger partial charge in [-0.3, -0.25) is 0 Å². The highest BCUT2D eigenvalue weighted by atomic mass is 14.7. The molecule has 1 rings (SSSR count). The Bertz CT molecular complexity index is 457. The van der Waals surface area contributed by atoms with Gasteiger partial charge in [0, 0.05) is 5.54 Å². The van der Waals surface area contributed by atoms with E-state index in [1.807, 2.05) is 6.08 Å². The van der Waals surface area contributed by atoms with Crippen LogP contribution in [0, 0.1) is 0 Å². The third-order valence-corrected chi connectivity index (χ3v) is 5.83. The molecule has 0 saturated carbocycles. The molecule has 2 N–H and O–H groups in total. The number of benzene rings is 1. The number of nitrogens with two attached hydrogens (primary N) is 1. The average Bonchev–Trinajstić information content (AvgIpc) is 2.68. The van der Waals surface area contributed by atoms with Crippen LogP contribution in [0.4, 0.5) is 0 Å². The minimum absolute atomic E-state index is 0.0365. The fraction of sp³-hybridized carbons (Fsp3) is 0.692. The van der Waals surface area contributed by atoms with Crippen molar-refractivity contribution in [3.05, 3.63) is 42.0 Å². The Labute approximate surface area is 169 Å². The second-order valence-electron chi connectivity index (χ2n) is 8.52. The van der Waals surface area contributed by atoms with E-state index in [-0.39, 0.29) is 5.54 Å². The molecule has 1 nitrogen and oxygen atoms in total. The zero-order valence-electron chi connectivity index (χ0n) is 18.3. The van der Waals surface area contributed by atoms with Crippen molar-refractivity contribution in [1.82, 2.24) is 0 Å². The summed E-state index contributed by atoms with van der Waals surface area (Å²) in [5.41, 5.74) is 9.49. The van der Waals surface area contributed by atoms with Gasteiger partial charge in [0.2, 0.25) is 0 Å². The first-order valence-corrected chi connectivity index (χ1v) is 11.6. The molecule has 1 aromatic carbocycles. The first kappa shape index (κ1) is 24.0. The number of rotatable bonds is 17. The summed E-state index contributed by atoms with van der Waals surface area (Å²) in [5.74, 6) is 0. The van der Waals surface area contributed by atoms with Gasteiger partial charge in [-0.05, 0) is 30.4 Å². The molecule has 0 bridgehead atoms. The summed E-state index contributed by atoms with van der Waals surface area (Å²) in [6.07, 6.45) is 21.4. The molecular weight excluding hydrogens is 326 g/mol. The van der Waals surface area contributed by atoms with Crippen LogP contribution in [0.15, 0.2) is 30.8 Å². The van der Waals surface area contributed by atoms with Gasteiger partial charge in [-0.15, -0.1) is 0 Å². The SMILES string of the molecule is C=Cc1ccc(CC(N)(CCCCCCCC)CCCCCCCC)cc1. The van der Waals surface area contributed by atoms with E-state index < -0.39 is 0 Å². The fourth-order valence-corrected chi connectivity index (χ4v) is 3.99. The lowest BCUT2D eigenvalue weighted by atomic mass is 9.82. The van der Waals surface area contributed by atoms with Gasteiger partial charge in [0.25, 0.3) is 0 Å². The molecule has 0 aliphatic heterocycles. The molecule has 154 valence electrons. The van der Waals surface area contributed by atoms with Crippen LogP contribution >= 0.6 is 0 Å². The normalized spacial score (nSPS) is 11.7. The second kappa shape index (κ2) is 14.9. The lowest BCUT2D eigenvalue weighted by Gasteiger charge is -2.30. The predicted molar refractivity (Wildman–Crippen MR) is 123 cm³/mol. The standard InChI is InChI=1S/C26H45N/c1-4-7-9-11-13-15-21-26(27,22-16-14-12-10-8-5-2)23-25-19-17-24(6-3)18-20-25/h6,17-20H,3-5,7-16,21-23,27H2,1-2H3. The molecule has 0 heterocycles. The van der Waals surface area contributed by atoms with E-state index in [0.29, 0.717) is 0 Å². The van der Waals surface area contributed by atoms with Gasteiger partial charge in [-0.2, -0.15) is 0 Å². The van der Waals surface area contributed by atoms with E-state index in [9.17, 15) is 0 Å². The van der Waals surface area contributed by atoms with Crippen molar-refractivity contribution < 1.29 is 0 Å². The van der Waals surface area contributed by atoms with Crippen LogP contribution in [0.2, 0.25) is 0 Å². The molecule has 27 heavy (non-hydrogen) atoms. The van der Waals surface area contributed by atoms with Crippen molar-refractivity contribution in [3.8, 4) is 0 Å². The molecule has 0 aliphatic rings. The molecule has 0 unspecified atom stereocenters. The van der Waals surface area contributed by atoms with Gasteiger partial charge < -0.3 is 5.73 Å². The van der Waals surface area contributed by atoms with Crippen LogP contribution < -0.4 is 5.73 Å². The van der Waals surface area contributed by atoms with Crippen molar-refractivity contribution in [2.75, 3.05) is 0 Å². The Morgan fingerprint density at radius 2 is 1.19 bits per heavy atom. The van der Waals surface area contributed by atoms with Crippen molar-refractivity contribution in [2.24, 2.45) is 5.73 Å². The molecule has 0 atom stereocenters. The zero-order chi connectivity index (χ0) is 19.8. The highest BCUT2D eigenvalue weighted by Gasteiger charge is 2.24. The Morgan fingerprint density at radius 3 is 1.63 bits per heavy atom. The number of hydrogen-bond acceptors (Lipinski definition) is 1. The summed E-state index contributed by atoms with van der Waals surface area (Å²) < 4.78 is 0. The van der Waals surface area contributed by atoms with Crippen molar-refractivity contribution in [2.45, 2.75) is 116 Å². The molecular formula is C26H45N. The summed E-state index contributed by atoms with van der Waals surface area (Å²) in [5, 5.41) is 0. The topological polar surface area (TPSA) is 26.0 Å². The van der Waals surface area contributed by atoms with Crippen LogP contribution in [0.3, 0.4) is 0 Å². The van der Waals surface area contributed by atoms with Crippen molar-refractivity contribution in [1.29, 1.82) is 0 Å². The van der Waals surface area contributed by atoms with Crippen LogP contribution in [0.5, 0.6) is 0 Å². The molecule has 1 heteroatoms. The van der Waals surface area contributed by atoms with Gasteiger partial charge in [0.05, 0.1) is 0 Å². The van der Waals surface area contributed by atoms with Gasteiger partial charge in [-0.1, -0.05) is 128 Å². The van der Waals surface area contributed by atoms with E-state index in [4.69, 9.17) is 5.73 Å². The van der Waals surface area contributed by atoms with E-state index in [1.54, 1.807) is 0 Å². The first-order valence-electron chi connectivity index (χ1n) is 11.6. The maximum atomic E-state index is 6.96. The molecule has 0 saturated heterocycles. The lowest BCUT2D eigenvalue weighted by molar-refractivity contribution is 0.332. The zero-order valence-corrected chi connectivity index (χ0v) is 18.3. The van der Waals surface area contributed by atoms with Crippen LogP contribution in [0.1, 0.15) is 115 Å². The maximum Gasteiger partial charge on any atom is 0.0195 e. The Kier molecular flexibility index (Phi) is 13.2. The summed E-state index contributed by atoms with van der Waals surface area (Å²) in [7, 11) is 0. The van der Waals surface area contributed by atoms with Gasteiger partial charge in [0.15, 0.2) is 0 Å². The molecule has 0 spiro atoms. The number of unbranched alkanes of at least 4 members (excludes halogenated alkanes) is 10. The first-order chi connectivity index (χ1) is 13.1. The van der Waals surface area contributed by atoms with E-state index in [2.05, 4.69) is 44.7 Å². The molecule has 1 aromatic rings. The molecule has 0 aliphatic carbocycles. The second-order valence-corrected chi connectivity index (χ2v) is 8.52. The van der Waals surface area contributed by atoms with Crippen LogP contribution in [0.25, 0.3) is 6.08 Å². The summed E-state index contributed by atoms with van der Waals surface area (Å²) in [6, 6.07) is 8.80. The predicted octanol–water partition coefficient (Wildman–Crippen LogP) is 8.07. The Balaban J connectivity index is 2.50. The van der Waals surface area contributed by atoms with Gasteiger partial charge >= 0.3 is 0 Å². The van der Waals surface area contributed by atoms with Crippen molar-refractivity contribution in [3.63, 3.8) is 0 Å². The lowest BCUT2D eigenvalue weighted by Crippen LogP contribution is -2.42. The summed E-state index contributed by atoms with van der Waals surface area (Å²) >= 11 is 0. The minimum Gasteiger partial charge on any atom is -0.325 e. The quantitative estimate of drug-likeness (QED) is 0.275. The van der Waals surface area contributed by atoms with Crippen LogP contribution in [-0.2, 0) is 6.42 Å². The molecule has 0 aromatic heterocycles. The average molecular weight is 372 g/mol. The monoisotopic (exact) mass is 371 g/mol. The maximum absolute atomic E-state index is 6.96. The fourth-order valence-electron chi connectivity index (χ4n) is 3.99. The Morgan fingerprint density at radius 1 is 0.741 bits per heavy atom.